The van der Waals surface area contributed by atoms with E-state index >= 15 is 0 Å². The van der Waals surface area contributed by atoms with Crippen molar-refractivity contribution < 1.29 is 19.1 Å². The van der Waals surface area contributed by atoms with E-state index in [1.807, 2.05) is 6.08 Å². The summed E-state index contributed by atoms with van der Waals surface area (Å²) in [5.74, 6) is 2.41. The van der Waals surface area contributed by atoms with E-state index in [-0.39, 0.29) is 28.5 Å². The van der Waals surface area contributed by atoms with Crippen LogP contribution in [-0.2, 0) is 19.1 Å². The third-order valence-electron chi connectivity index (χ3n) is 9.90. The molecule has 5 aliphatic rings. The topological polar surface area (TPSA) is 60.4 Å². The van der Waals surface area contributed by atoms with E-state index in [4.69, 9.17) is 4.74 Å². The SMILES string of the molecule is CC(=O)O[C@]1(C(C)=O)CC[C@H]2[C@@H]3CCC4=CC(=O)[C@@H]5C[C@@H]5[C@]4(C)[C@H]3CC[C@@]21C. The second-order valence-corrected chi connectivity index (χ2v) is 10.7. The Kier molecular flexibility index (Phi) is 3.70. The van der Waals surface area contributed by atoms with Gasteiger partial charge in [-0.2, -0.15) is 0 Å². The van der Waals surface area contributed by atoms with Gasteiger partial charge in [-0.25, -0.2) is 0 Å². The molecule has 0 amide bonds. The van der Waals surface area contributed by atoms with Crippen molar-refractivity contribution in [2.24, 2.45) is 40.4 Å². The van der Waals surface area contributed by atoms with Gasteiger partial charge >= 0.3 is 5.97 Å². The Bertz CT molecular complexity index is 811. The Morgan fingerprint density at radius 1 is 1.04 bits per heavy atom. The third-order valence-corrected chi connectivity index (χ3v) is 9.90. The highest BCUT2D eigenvalue weighted by molar-refractivity contribution is 5.96. The molecule has 0 bridgehead atoms. The summed E-state index contributed by atoms with van der Waals surface area (Å²) < 4.78 is 5.84. The number of fused-ring (bicyclic) bond motifs is 7. The summed E-state index contributed by atoms with van der Waals surface area (Å²) in [6.45, 7) is 7.67. The van der Waals surface area contributed by atoms with Gasteiger partial charge in [0.15, 0.2) is 17.2 Å². The molecule has 0 aromatic heterocycles. The van der Waals surface area contributed by atoms with Crippen molar-refractivity contribution in [3.05, 3.63) is 11.6 Å². The number of carbonyl (C=O) groups excluding carboxylic acids is 3. The van der Waals surface area contributed by atoms with Gasteiger partial charge in [0.05, 0.1) is 0 Å². The second-order valence-electron chi connectivity index (χ2n) is 10.7. The lowest BCUT2D eigenvalue weighted by atomic mass is 9.46. The average Bonchev–Trinajstić information content (AvgIpc) is 3.37. The fraction of sp³-hybridized carbons (Fsp3) is 0.792. The van der Waals surface area contributed by atoms with Crippen molar-refractivity contribution in [1.82, 2.24) is 0 Å². The van der Waals surface area contributed by atoms with E-state index in [1.54, 1.807) is 6.92 Å². The predicted molar refractivity (Wildman–Crippen MR) is 104 cm³/mol. The summed E-state index contributed by atoms with van der Waals surface area (Å²) in [5, 5.41) is 0. The summed E-state index contributed by atoms with van der Waals surface area (Å²) in [6, 6.07) is 0. The molecule has 5 aliphatic carbocycles. The van der Waals surface area contributed by atoms with E-state index in [2.05, 4.69) is 13.8 Å². The van der Waals surface area contributed by atoms with Crippen LogP contribution in [0.4, 0.5) is 0 Å². The number of hydrogen-bond donors (Lipinski definition) is 0. The minimum Gasteiger partial charge on any atom is -0.451 e. The smallest absolute Gasteiger partial charge is 0.303 e. The van der Waals surface area contributed by atoms with Crippen LogP contribution in [0.3, 0.4) is 0 Å². The van der Waals surface area contributed by atoms with Crippen LogP contribution in [0.1, 0.15) is 72.6 Å². The van der Waals surface area contributed by atoms with Crippen molar-refractivity contribution in [3.8, 4) is 0 Å². The van der Waals surface area contributed by atoms with E-state index in [1.165, 1.54) is 12.5 Å². The molecule has 0 heterocycles. The second kappa shape index (κ2) is 5.58. The van der Waals surface area contributed by atoms with Crippen LogP contribution < -0.4 is 0 Å². The molecule has 0 aromatic carbocycles. The zero-order chi connectivity index (χ0) is 20.1. The molecule has 4 saturated carbocycles. The molecule has 0 saturated heterocycles. The minimum atomic E-state index is -0.948. The highest BCUT2D eigenvalue weighted by Crippen LogP contribution is 2.72. The first-order valence-corrected chi connectivity index (χ1v) is 11.1. The summed E-state index contributed by atoms with van der Waals surface area (Å²) in [5.41, 5.74) is 0.343. The maximum Gasteiger partial charge on any atom is 0.303 e. The van der Waals surface area contributed by atoms with Gasteiger partial charge in [-0.15, -0.1) is 0 Å². The van der Waals surface area contributed by atoms with Gasteiger partial charge in [0.2, 0.25) is 0 Å². The van der Waals surface area contributed by atoms with Crippen molar-refractivity contribution in [2.75, 3.05) is 0 Å². The Labute approximate surface area is 167 Å². The van der Waals surface area contributed by atoms with Crippen molar-refractivity contribution in [2.45, 2.75) is 78.2 Å². The number of carbonyl (C=O) groups is 3. The molecule has 4 fully saturated rings. The first-order chi connectivity index (χ1) is 13.1. The van der Waals surface area contributed by atoms with Crippen molar-refractivity contribution in [3.63, 3.8) is 0 Å². The van der Waals surface area contributed by atoms with Gasteiger partial charge in [0, 0.05) is 18.3 Å². The first kappa shape index (κ1) is 18.6. The van der Waals surface area contributed by atoms with Crippen LogP contribution >= 0.6 is 0 Å². The van der Waals surface area contributed by atoms with Gasteiger partial charge in [0.1, 0.15) is 0 Å². The molecular weight excluding hydrogens is 352 g/mol. The van der Waals surface area contributed by atoms with E-state index in [0.29, 0.717) is 35.9 Å². The highest BCUT2D eigenvalue weighted by Gasteiger charge is 2.70. The molecule has 28 heavy (non-hydrogen) atoms. The molecule has 0 aromatic rings. The molecule has 0 aliphatic heterocycles. The third kappa shape index (κ3) is 2.05. The molecule has 0 N–H and O–H groups in total. The van der Waals surface area contributed by atoms with Gasteiger partial charge in [-0.05, 0) is 87.0 Å². The first-order valence-electron chi connectivity index (χ1n) is 11.1. The normalized spacial score (nSPS) is 51.2. The quantitative estimate of drug-likeness (QED) is 0.667. The zero-order valence-corrected chi connectivity index (χ0v) is 17.5. The van der Waals surface area contributed by atoms with E-state index < -0.39 is 5.60 Å². The number of esters is 1. The van der Waals surface area contributed by atoms with Gasteiger partial charge in [-0.1, -0.05) is 19.4 Å². The lowest BCUT2D eigenvalue weighted by Gasteiger charge is -2.59. The molecule has 4 nitrogen and oxygen atoms in total. The molecule has 4 heteroatoms. The molecular formula is C24H32O4. The number of allylic oxidation sites excluding steroid dienone is 1. The Morgan fingerprint density at radius 3 is 2.43 bits per heavy atom. The van der Waals surface area contributed by atoms with Crippen molar-refractivity contribution in [1.29, 1.82) is 0 Å². The number of ketones is 2. The van der Waals surface area contributed by atoms with Crippen LogP contribution in [0.2, 0.25) is 0 Å². The van der Waals surface area contributed by atoms with Gasteiger partial charge < -0.3 is 4.74 Å². The standard InChI is InChI=1S/C24H32O4/c1-13(25)24(28-14(2)26)10-8-18-16-6-5-15-11-21(27)17-12-20(17)23(15,4)19(16)7-9-22(18,24)3/h11,16-20H,5-10,12H2,1-4H3/t16-,17+,18-,19-,20-,22-,23-,24-/m0/s1. The zero-order valence-electron chi connectivity index (χ0n) is 17.5. The summed E-state index contributed by atoms with van der Waals surface area (Å²) in [7, 11) is 0. The molecule has 0 unspecified atom stereocenters. The molecule has 152 valence electrons. The number of Topliss-reactive ketones (excluding diaryl/α,β-unsaturated/α-hetero) is 1. The largest absolute Gasteiger partial charge is 0.451 e. The van der Waals surface area contributed by atoms with Crippen LogP contribution in [0.25, 0.3) is 0 Å². The van der Waals surface area contributed by atoms with Crippen molar-refractivity contribution >= 4 is 17.5 Å². The fourth-order valence-corrected chi connectivity index (χ4v) is 8.52. The Hall–Kier alpha value is -1.45. The van der Waals surface area contributed by atoms with Crippen LogP contribution in [0.15, 0.2) is 11.6 Å². The van der Waals surface area contributed by atoms with Crippen LogP contribution in [0.5, 0.6) is 0 Å². The minimum absolute atomic E-state index is 0.0132. The molecule has 0 radical (unpaired) electrons. The van der Waals surface area contributed by atoms with Gasteiger partial charge in [0.25, 0.3) is 0 Å². The Morgan fingerprint density at radius 2 is 1.75 bits per heavy atom. The maximum absolute atomic E-state index is 12.8. The maximum atomic E-state index is 12.8. The monoisotopic (exact) mass is 384 g/mol. The van der Waals surface area contributed by atoms with E-state index in [0.717, 1.165) is 38.5 Å². The molecule has 8 atom stereocenters. The molecule has 5 rings (SSSR count). The predicted octanol–water partition coefficient (Wildman–Crippen LogP) is 4.27. The fourth-order valence-electron chi connectivity index (χ4n) is 8.52. The highest BCUT2D eigenvalue weighted by atomic mass is 16.6. The number of ether oxygens (including phenoxy) is 1. The summed E-state index contributed by atoms with van der Waals surface area (Å²) in [4.78, 5) is 37.0. The lowest BCUT2D eigenvalue weighted by Crippen LogP contribution is -2.58. The Balaban J connectivity index is 1.52. The summed E-state index contributed by atoms with van der Waals surface area (Å²) in [6.07, 6.45) is 8.80. The number of rotatable bonds is 2. The van der Waals surface area contributed by atoms with Crippen LogP contribution in [0, 0.1) is 40.4 Å². The number of hydrogen-bond acceptors (Lipinski definition) is 4. The van der Waals surface area contributed by atoms with E-state index in [9.17, 15) is 14.4 Å². The lowest BCUT2D eigenvalue weighted by molar-refractivity contribution is -0.187. The summed E-state index contributed by atoms with van der Waals surface area (Å²) >= 11 is 0. The molecule has 0 spiro atoms. The average molecular weight is 385 g/mol. The van der Waals surface area contributed by atoms with Gasteiger partial charge in [-0.3, -0.25) is 14.4 Å². The van der Waals surface area contributed by atoms with Crippen LogP contribution in [-0.4, -0.2) is 23.1 Å².